The Balaban J connectivity index is 1.76. The summed E-state index contributed by atoms with van der Waals surface area (Å²) in [5, 5.41) is 0. The fourth-order valence-electron chi connectivity index (χ4n) is 6.47. The van der Waals surface area contributed by atoms with E-state index in [9.17, 15) is 0 Å². The molecule has 4 aromatic carbocycles. The van der Waals surface area contributed by atoms with Crippen LogP contribution in [-0.2, 0) is 18.4 Å². The summed E-state index contributed by atoms with van der Waals surface area (Å²) in [4.78, 5) is 2.28. The van der Waals surface area contributed by atoms with Gasteiger partial charge in [-0.05, 0) is 82.1 Å². The minimum Gasteiger partial charge on any atom is -0.305 e. The molecule has 0 amide bonds. The van der Waals surface area contributed by atoms with Crippen LogP contribution in [0.2, 0.25) is 0 Å². The van der Waals surface area contributed by atoms with E-state index >= 15 is 0 Å². The van der Waals surface area contributed by atoms with Crippen LogP contribution in [0, 0.1) is 5.92 Å². The Morgan fingerprint density at radius 3 is 1.64 bits per heavy atom. The molecule has 0 bridgehead atoms. The molecule has 1 nitrogen and oxygen atoms in total. The minimum absolute atomic E-state index is 0.243. The molecule has 164 valence electrons. The lowest BCUT2D eigenvalue weighted by Crippen LogP contribution is -2.26. The zero-order valence-corrected chi connectivity index (χ0v) is 20.0. The number of benzene rings is 4. The molecule has 0 aromatic heterocycles. The van der Waals surface area contributed by atoms with Crippen molar-refractivity contribution in [2.45, 2.75) is 32.2 Å². The van der Waals surface area contributed by atoms with Crippen LogP contribution in [0.25, 0.3) is 22.3 Å². The predicted molar refractivity (Wildman–Crippen MR) is 139 cm³/mol. The van der Waals surface area contributed by atoms with Crippen LogP contribution in [0.3, 0.4) is 0 Å². The Kier molecular flexibility index (Phi) is 4.61. The number of hydrogen-bond acceptors (Lipinski definition) is 1. The van der Waals surface area contributed by atoms with Crippen LogP contribution in [0.1, 0.15) is 47.2 Å². The molecule has 1 spiro atoms. The SMILES string of the molecule is CC(C)Cc1cccc2c1-c1ccccc1C21c2ccccc2-c2c(CN(C)C)cccc21. The van der Waals surface area contributed by atoms with Crippen molar-refractivity contribution in [3.63, 3.8) is 0 Å². The molecule has 33 heavy (non-hydrogen) atoms. The first kappa shape index (κ1) is 20.4. The van der Waals surface area contributed by atoms with Gasteiger partial charge < -0.3 is 4.90 Å². The molecule has 2 aliphatic rings. The van der Waals surface area contributed by atoms with Crippen molar-refractivity contribution in [1.29, 1.82) is 0 Å². The summed E-state index contributed by atoms with van der Waals surface area (Å²) < 4.78 is 0. The molecular formula is C32H31N. The summed E-state index contributed by atoms with van der Waals surface area (Å²) in [5.41, 5.74) is 14.1. The quantitative estimate of drug-likeness (QED) is 0.284. The van der Waals surface area contributed by atoms with E-state index in [-0.39, 0.29) is 5.41 Å². The maximum absolute atomic E-state index is 2.39. The molecule has 0 saturated heterocycles. The maximum Gasteiger partial charge on any atom is 0.0725 e. The second-order valence-corrected chi connectivity index (χ2v) is 10.4. The summed E-state index contributed by atoms with van der Waals surface area (Å²) in [6.07, 6.45) is 1.10. The Bertz CT molecular complexity index is 1270. The van der Waals surface area contributed by atoms with Gasteiger partial charge in [-0.15, -0.1) is 0 Å². The maximum atomic E-state index is 2.39. The number of hydrogen-bond donors (Lipinski definition) is 0. The second-order valence-electron chi connectivity index (χ2n) is 10.4. The Labute approximate surface area is 197 Å². The van der Waals surface area contributed by atoms with E-state index < -0.39 is 0 Å². The molecule has 1 unspecified atom stereocenters. The van der Waals surface area contributed by atoms with Crippen LogP contribution in [-0.4, -0.2) is 19.0 Å². The van der Waals surface area contributed by atoms with E-state index in [1.807, 2.05) is 0 Å². The molecule has 6 rings (SSSR count). The fourth-order valence-corrected chi connectivity index (χ4v) is 6.47. The van der Waals surface area contributed by atoms with E-state index in [1.165, 1.54) is 55.6 Å². The molecule has 0 radical (unpaired) electrons. The van der Waals surface area contributed by atoms with Gasteiger partial charge in [0.15, 0.2) is 0 Å². The highest BCUT2D eigenvalue weighted by molar-refractivity contribution is 5.96. The third kappa shape index (κ3) is 2.75. The highest BCUT2D eigenvalue weighted by atomic mass is 15.0. The first-order chi connectivity index (χ1) is 16.0. The van der Waals surface area contributed by atoms with E-state index in [4.69, 9.17) is 0 Å². The van der Waals surface area contributed by atoms with Gasteiger partial charge in [0, 0.05) is 6.54 Å². The summed E-state index contributed by atoms with van der Waals surface area (Å²) >= 11 is 0. The topological polar surface area (TPSA) is 3.24 Å². The van der Waals surface area contributed by atoms with Gasteiger partial charge in [-0.3, -0.25) is 0 Å². The Morgan fingerprint density at radius 1 is 0.606 bits per heavy atom. The molecule has 0 saturated carbocycles. The van der Waals surface area contributed by atoms with Gasteiger partial charge in [0.2, 0.25) is 0 Å². The fraction of sp³-hybridized carbons (Fsp3) is 0.250. The molecule has 0 heterocycles. The number of rotatable bonds is 4. The first-order valence-corrected chi connectivity index (χ1v) is 12.1. The molecule has 2 aliphatic carbocycles. The van der Waals surface area contributed by atoms with Gasteiger partial charge in [0.1, 0.15) is 0 Å². The third-order valence-corrected chi connectivity index (χ3v) is 7.43. The largest absolute Gasteiger partial charge is 0.305 e. The Morgan fingerprint density at radius 2 is 1.09 bits per heavy atom. The number of fused-ring (bicyclic) bond motifs is 10. The summed E-state index contributed by atoms with van der Waals surface area (Å²) in [7, 11) is 4.32. The van der Waals surface area contributed by atoms with Crippen LogP contribution in [0.15, 0.2) is 84.9 Å². The second kappa shape index (κ2) is 7.43. The van der Waals surface area contributed by atoms with Gasteiger partial charge in [0.05, 0.1) is 5.41 Å². The van der Waals surface area contributed by atoms with Crippen molar-refractivity contribution < 1.29 is 0 Å². The van der Waals surface area contributed by atoms with Crippen molar-refractivity contribution in [1.82, 2.24) is 4.90 Å². The molecule has 0 N–H and O–H groups in total. The summed E-state index contributed by atoms with van der Waals surface area (Å²) in [6, 6.07) is 32.3. The lowest BCUT2D eigenvalue weighted by molar-refractivity contribution is 0.403. The van der Waals surface area contributed by atoms with Crippen molar-refractivity contribution in [3.05, 3.63) is 118 Å². The average molecular weight is 430 g/mol. The van der Waals surface area contributed by atoms with Gasteiger partial charge in [-0.2, -0.15) is 0 Å². The zero-order valence-electron chi connectivity index (χ0n) is 20.0. The summed E-state index contributed by atoms with van der Waals surface area (Å²) in [5.74, 6) is 0.620. The van der Waals surface area contributed by atoms with Gasteiger partial charge in [0.25, 0.3) is 0 Å². The minimum atomic E-state index is -0.243. The molecular weight excluding hydrogens is 398 g/mol. The molecule has 1 atom stereocenters. The lowest BCUT2D eigenvalue weighted by atomic mass is 9.70. The highest BCUT2D eigenvalue weighted by Crippen LogP contribution is 2.63. The number of nitrogens with zero attached hydrogens (tertiary/aromatic N) is 1. The van der Waals surface area contributed by atoms with Crippen molar-refractivity contribution in [2.75, 3.05) is 14.1 Å². The van der Waals surface area contributed by atoms with Crippen LogP contribution in [0.5, 0.6) is 0 Å². The third-order valence-electron chi connectivity index (χ3n) is 7.43. The van der Waals surface area contributed by atoms with Gasteiger partial charge in [-0.1, -0.05) is 98.8 Å². The normalized spacial score (nSPS) is 17.4. The van der Waals surface area contributed by atoms with Gasteiger partial charge in [-0.25, -0.2) is 0 Å². The van der Waals surface area contributed by atoms with Gasteiger partial charge >= 0.3 is 0 Å². The monoisotopic (exact) mass is 429 g/mol. The smallest absolute Gasteiger partial charge is 0.0725 e. The Hall–Kier alpha value is -3.16. The molecule has 4 aromatic rings. The van der Waals surface area contributed by atoms with E-state index in [2.05, 4.69) is 118 Å². The van der Waals surface area contributed by atoms with Crippen LogP contribution < -0.4 is 0 Å². The van der Waals surface area contributed by atoms with E-state index in [1.54, 1.807) is 0 Å². The summed E-state index contributed by atoms with van der Waals surface area (Å²) in [6.45, 7) is 5.59. The van der Waals surface area contributed by atoms with E-state index in [0.717, 1.165) is 13.0 Å². The predicted octanol–water partition coefficient (Wildman–Crippen LogP) is 7.29. The molecule has 1 heteroatoms. The standard InChI is InChI=1S/C32H31N/c1-21(2)19-22-11-9-17-28-30(22)24-13-5-7-15-26(24)32(28)27-16-8-6-14-25(27)31-23(20-33(3)4)12-10-18-29(31)32/h5-18,21H,19-20H2,1-4H3. The zero-order chi connectivity index (χ0) is 22.7. The molecule has 0 aliphatic heterocycles. The molecule has 0 fully saturated rings. The average Bonchev–Trinajstić information content (AvgIpc) is 3.27. The lowest BCUT2D eigenvalue weighted by Gasteiger charge is -2.30. The van der Waals surface area contributed by atoms with Crippen molar-refractivity contribution in [3.8, 4) is 22.3 Å². The van der Waals surface area contributed by atoms with E-state index in [0.29, 0.717) is 5.92 Å². The van der Waals surface area contributed by atoms with Crippen molar-refractivity contribution >= 4 is 0 Å². The van der Waals surface area contributed by atoms with Crippen molar-refractivity contribution in [2.24, 2.45) is 5.92 Å². The van der Waals surface area contributed by atoms with Crippen LogP contribution in [0.4, 0.5) is 0 Å². The van der Waals surface area contributed by atoms with Crippen LogP contribution >= 0.6 is 0 Å². The first-order valence-electron chi connectivity index (χ1n) is 12.1. The highest BCUT2D eigenvalue weighted by Gasteiger charge is 2.52.